The number of hydrogen-bond acceptors (Lipinski definition) is 3. The zero-order valence-electron chi connectivity index (χ0n) is 18.6. The second kappa shape index (κ2) is 9.69. The Kier molecular flexibility index (Phi) is 6.54. The van der Waals surface area contributed by atoms with E-state index in [1.165, 1.54) is 12.1 Å². The van der Waals surface area contributed by atoms with Crippen LogP contribution in [0.15, 0.2) is 78.9 Å². The highest BCUT2D eigenvalue weighted by Gasteiger charge is 2.26. The molecule has 5 nitrogen and oxygen atoms in total. The summed E-state index contributed by atoms with van der Waals surface area (Å²) in [6.07, 6.45) is 0.713. The van der Waals surface area contributed by atoms with Crippen molar-refractivity contribution < 1.29 is 14.3 Å². The van der Waals surface area contributed by atoms with Gasteiger partial charge in [-0.15, -0.1) is 0 Å². The summed E-state index contributed by atoms with van der Waals surface area (Å²) in [5.41, 5.74) is 3.02. The first-order chi connectivity index (χ1) is 16.0. The summed E-state index contributed by atoms with van der Waals surface area (Å²) in [7, 11) is 0. The number of nitrogens with one attached hydrogen (secondary N) is 1. The molecule has 1 aromatic heterocycles. The average molecular weight is 444 g/mol. The van der Waals surface area contributed by atoms with Crippen molar-refractivity contribution in [2.75, 3.05) is 0 Å². The van der Waals surface area contributed by atoms with Crippen LogP contribution < -0.4 is 5.32 Å². The van der Waals surface area contributed by atoms with E-state index in [0.717, 1.165) is 11.1 Å². The number of hydrogen-bond donors (Lipinski definition) is 2. The van der Waals surface area contributed by atoms with Crippen LogP contribution in [-0.2, 0) is 6.54 Å². The molecule has 4 aromatic rings. The molecule has 1 amide bonds. The van der Waals surface area contributed by atoms with Crippen molar-refractivity contribution >= 4 is 5.91 Å². The number of aromatic hydroxyl groups is 1. The Morgan fingerprint density at radius 1 is 1.00 bits per heavy atom. The highest BCUT2D eigenvalue weighted by atomic mass is 19.1. The summed E-state index contributed by atoms with van der Waals surface area (Å²) >= 11 is 0. The van der Waals surface area contributed by atoms with Crippen LogP contribution in [0.4, 0.5) is 4.39 Å². The second-order valence-electron chi connectivity index (χ2n) is 7.75. The van der Waals surface area contributed by atoms with Crippen molar-refractivity contribution in [3.63, 3.8) is 0 Å². The Bertz CT molecular complexity index is 1250. The Morgan fingerprint density at radius 3 is 2.27 bits per heavy atom. The molecule has 0 saturated heterocycles. The zero-order chi connectivity index (χ0) is 23.4. The molecule has 33 heavy (non-hydrogen) atoms. The van der Waals surface area contributed by atoms with Gasteiger partial charge < -0.3 is 15.0 Å². The van der Waals surface area contributed by atoms with Gasteiger partial charge in [-0.1, -0.05) is 67.6 Å². The summed E-state index contributed by atoms with van der Waals surface area (Å²) in [4.78, 5) is 18.4. The van der Waals surface area contributed by atoms with Gasteiger partial charge in [0.2, 0.25) is 0 Å². The van der Waals surface area contributed by atoms with E-state index in [2.05, 4.69) is 5.32 Å². The fourth-order valence-corrected chi connectivity index (χ4v) is 3.99. The maximum Gasteiger partial charge on any atom is 0.270 e. The third-order valence-corrected chi connectivity index (χ3v) is 5.67. The quantitative estimate of drug-likeness (QED) is 0.370. The molecule has 4 rings (SSSR count). The maximum absolute atomic E-state index is 14.2. The number of phenolic OH excluding ortho intramolecular Hbond substituents is 1. The number of carbonyl (C=O) groups is 1. The number of rotatable bonds is 7. The molecule has 0 saturated carbocycles. The van der Waals surface area contributed by atoms with Gasteiger partial charge >= 0.3 is 0 Å². The average Bonchev–Trinajstić information content (AvgIpc) is 3.25. The van der Waals surface area contributed by atoms with Crippen molar-refractivity contribution in [1.82, 2.24) is 14.9 Å². The first-order valence-corrected chi connectivity index (χ1v) is 11.0. The van der Waals surface area contributed by atoms with Gasteiger partial charge in [-0.25, -0.2) is 9.37 Å². The van der Waals surface area contributed by atoms with Gasteiger partial charge in [0.25, 0.3) is 5.91 Å². The number of phenols is 1. The highest BCUT2D eigenvalue weighted by molar-refractivity contribution is 5.99. The summed E-state index contributed by atoms with van der Waals surface area (Å²) in [5, 5.41) is 12.8. The van der Waals surface area contributed by atoms with E-state index in [4.69, 9.17) is 4.98 Å². The molecular weight excluding hydrogens is 417 g/mol. The Morgan fingerprint density at radius 2 is 1.67 bits per heavy atom. The smallest absolute Gasteiger partial charge is 0.270 e. The van der Waals surface area contributed by atoms with Gasteiger partial charge in [0.1, 0.15) is 17.2 Å². The van der Waals surface area contributed by atoms with Gasteiger partial charge in [-0.05, 0) is 37.1 Å². The number of aromatic nitrogens is 2. The van der Waals surface area contributed by atoms with E-state index >= 15 is 0 Å². The van der Waals surface area contributed by atoms with Gasteiger partial charge in [-0.2, -0.15) is 0 Å². The van der Waals surface area contributed by atoms with E-state index in [1.807, 2.05) is 79.1 Å². The molecule has 0 fully saturated rings. The van der Waals surface area contributed by atoms with Crippen molar-refractivity contribution in [3.05, 3.63) is 95.9 Å². The lowest BCUT2D eigenvalue weighted by atomic mass is 10.0. The van der Waals surface area contributed by atoms with E-state index in [-0.39, 0.29) is 11.9 Å². The Balaban J connectivity index is 1.85. The minimum absolute atomic E-state index is 0.177. The van der Waals surface area contributed by atoms with Gasteiger partial charge in [0, 0.05) is 17.7 Å². The number of carbonyl (C=O) groups excluding carboxylic acids is 1. The molecule has 0 bridgehead atoms. The highest BCUT2D eigenvalue weighted by Crippen LogP contribution is 2.32. The zero-order valence-corrected chi connectivity index (χ0v) is 18.6. The van der Waals surface area contributed by atoms with Gasteiger partial charge in [0.15, 0.2) is 11.6 Å². The van der Waals surface area contributed by atoms with Gasteiger partial charge in [0.05, 0.1) is 6.04 Å². The van der Waals surface area contributed by atoms with E-state index in [0.29, 0.717) is 35.7 Å². The van der Waals surface area contributed by atoms with E-state index in [1.54, 1.807) is 6.07 Å². The molecule has 0 aliphatic rings. The minimum Gasteiger partial charge on any atom is -0.505 e. The van der Waals surface area contributed by atoms with Gasteiger partial charge in [-0.3, -0.25) is 4.79 Å². The molecule has 168 valence electrons. The molecular formula is C27H26FN3O2. The number of imidazole rings is 1. The normalized spacial score (nSPS) is 11.8. The third kappa shape index (κ3) is 4.51. The fraction of sp³-hybridized carbons (Fsp3) is 0.185. The number of amides is 1. The monoisotopic (exact) mass is 443 g/mol. The molecule has 0 aliphatic heterocycles. The largest absolute Gasteiger partial charge is 0.505 e. The maximum atomic E-state index is 14.2. The minimum atomic E-state index is -0.762. The summed E-state index contributed by atoms with van der Waals surface area (Å²) < 4.78 is 16.1. The predicted octanol–water partition coefficient (Wildman–Crippen LogP) is 5.96. The molecule has 1 atom stereocenters. The third-order valence-electron chi connectivity index (χ3n) is 5.67. The van der Waals surface area contributed by atoms with E-state index in [9.17, 15) is 14.3 Å². The molecule has 2 N–H and O–H groups in total. The lowest BCUT2D eigenvalue weighted by Gasteiger charge is -2.19. The van der Waals surface area contributed by atoms with Crippen molar-refractivity contribution in [3.8, 4) is 28.4 Å². The number of benzene rings is 3. The predicted molar refractivity (Wildman–Crippen MR) is 127 cm³/mol. The Hall–Kier alpha value is -3.93. The molecule has 0 radical (unpaired) electrons. The topological polar surface area (TPSA) is 67.2 Å². The van der Waals surface area contributed by atoms with Crippen LogP contribution in [-0.4, -0.2) is 20.6 Å². The summed E-state index contributed by atoms with van der Waals surface area (Å²) in [6.45, 7) is 4.46. The van der Waals surface area contributed by atoms with Crippen LogP contribution in [0, 0.1) is 5.82 Å². The molecule has 6 heteroatoms. The lowest BCUT2D eigenvalue weighted by molar-refractivity contribution is 0.0927. The molecule has 0 aliphatic carbocycles. The second-order valence-corrected chi connectivity index (χ2v) is 7.75. The first-order valence-electron chi connectivity index (χ1n) is 11.0. The number of nitrogens with zero attached hydrogens (tertiary/aromatic N) is 2. The van der Waals surface area contributed by atoms with Crippen LogP contribution in [0.5, 0.6) is 5.75 Å². The van der Waals surface area contributed by atoms with Crippen molar-refractivity contribution in [1.29, 1.82) is 0 Å². The van der Waals surface area contributed by atoms with Crippen LogP contribution in [0.25, 0.3) is 22.6 Å². The molecule has 3 aromatic carbocycles. The summed E-state index contributed by atoms with van der Waals surface area (Å²) in [5.74, 6) is -0.870. The van der Waals surface area contributed by atoms with Crippen molar-refractivity contribution in [2.45, 2.75) is 32.9 Å². The van der Waals surface area contributed by atoms with Crippen LogP contribution in [0.3, 0.4) is 0 Å². The first kappa shape index (κ1) is 22.3. The van der Waals surface area contributed by atoms with Crippen LogP contribution in [0.2, 0.25) is 0 Å². The van der Waals surface area contributed by atoms with Crippen molar-refractivity contribution in [2.24, 2.45) is 0 Å². The van der Waals surface area contributed by atoms with Crippen LogP contribution in [0.1, 0.15) is 42.4 Å². The summed E-state index contributed by atoms with van der Waals surface area (Å²) in [6, 6.07) is 23.3. The molecule has 1 heterocycles. The van der Waals surface area contributed by atoms with E-state index < -0.39 is 11.6 Å². The number of halogens is 1. The molecule has 1 unspecified atom stereocenters. The fourth-order valence-electron chi connectivity index (χ4n) is 3.99. The lowest BCUT2D eigenvalue weighted by Crippen LogP contribution is -2.30. The van der Waals surface area contributed by atoms with Crippen LogP contribution >= 0.6 is 0 Å². The molecule has 0 spiro atoms. The standard InChI is InChI=1S/C27H26FN3O2/c1-3-22(18-11-7-5-8-12-18)29-27(33)25-24(20-15-16-23(32)21(28)17-20)30-26(31(25)4-2)19-13-9-6-10-14-19/h5-17,22,32H,3-4H2,1-2H3,(H,29,33). The Labute approximate surface area is 192 Å². The SMILES string of the molecule is CCC(NC(=O)c1c(-c2ccc(O)c(F)c2)nc(-c2ccccc2)n1CC)c1ccccc1.